The van der Waals surface area contributed by atoms with E-state index in [4.69, 9.17) is 20.9 Å². The van der Waals surface area contributed by atoms with Crippen LogP contribution in [0.25, 0.3) is 0 Å². The van der Waals surface area contributed by atoms with Gasteiger partial charge < -0.3 is 14.6 Å². The van der Waals surface area contributed by atoms with Crippen LogP contribution in [-0.2, 0) is 0 Å². The Bertz CT molecular complexity index is 764. The number of carbonyl (C=O) groups is 1. The highest BCUT2D eigenvalue weighted by Crippen LogP contribution is 2.32. The molecule has 0 aliphatic heterocycles. The van der Waals surface area contributed by atoms with E-state index in [1.165, 1.54) is 0 Å². The number of benzene rings is 2. The number of carbonyl (C=O) groups excluding carboxylic acids is 1. The number of phenols is 1. The van der Waals surface area contributed by atoms with E-state index in [1.807, 2.05) is 13.8 Å². The fourth-order valence-electron chi connectivity index (χ4n) is 2.69. The first kappa shape index (κ1) is 20.7. The Morgan fingerprint density at radius 2 is 1.63 bits per heavy atom. The molecule has 5 N–H and O–H groups in total. The highest BCUT2D eigenvalue weighted by atomic mass is 16.5. The highest BCUT2D eigenvalue weighted by Gasteiger charge is 2.19. The maximum atomic E-state index is 12.9. The maximum absolute atomic E-state index is 12.9. The van der Waals surface area contributed by atoms with Gasteiger partial charge in [0.05, 0.1) is 5.56 Å². The zero-order valence-electron chi connectivity index (χ0n) is 15.9. The molecule has 27 heavy (non-hydrogen) atoms. The summed E-state index contributed by atoms with van der Waals surface area (Å²) < 4.78 is 11.2. The lowest BCUT2D eigenvalue weighted by Crippen LogP contribution is -2.26. The Labute approximate surface area is 160 Å². The third-order valence-corrected chi connectivity index (χ3v) is 4.05. The van der Waals surface area contributed by atoms with Crippen LogP contribution in [0.4, 0.5) is 0 Å². The van der Waals surface area contributed by atoms with Gasteiger partial charge >= 0.3 is 0 Å². The second-order valence-corrected chi connectivity index (χ2v) is 6.40. The standard InChI is InChI=1S/C21H28N2O4/c1-3-7-18(22)26-15-10-5-9-14(13-15)20(24)16-11-6-12-17(21(16)25)27-19(23)8-4-2/h5-6,9-13,18-19,25H,3-4,7-8,22-23H2,1-2H3. The number of nitrogens with two attached hydrogens (primary N) is 2. The molecular weight excluding hydrogens is 344 g/mol. The molecule has 6 heteroatoms. The summed E-state index contributed by atoms with van der Waals surface area (Å²) in [6.45, 7) is 4.01. The number of phenolic OH excluding ortho intramolecular Hbond substituents is 1. The van der Waals surface area contributed by atoms with Crippen molar-refractivity contribution in [1.82, 2.24) is 0 Å². The minimum atomic E-state index is -0.539. The SMILES string of the molecule is CCCC(N)Oc1cccc(C(=O)c2cccc(OC(N)CCC)c2O)c1. The minimum Gasteiger partial charge on any atom is -0.504 e. The summed E-state index contributed by atoms with van der Waals surface area (Å²) in [5.41, 5.74) is 12.3. The number of hydrogen-bond acceptors (Lipinski definition) is 6. The molecule has 0 bridgehead atoms. The van der Waals surface area contributed by atoms with Gasteiger partial charge in [0.2, 0.25) is 0 Å². The molecule has 0 fully saturated rings. The molecule has 2 unspecified atom stereocenters. The summed E-state index contributed by atoms with van der Waals surface area (Å²) in [5, 5.41) is 10.5. The number of aromatic hydroxyl groups is 1. The molecule has 2 aromatic rings. The molecule has 2 atom stereocenters. The Hall–Kier alpha value is -2.57. The quantitative estimate of drug-likeness (QED) is 0.435. The predicted molar refractivity (Wildman–Crippen MR) is 105 cm³/mol. The Kier molecular flexibility index (Phi) is 7.64. The van der Waals surface area contributed by atoms with E-state index in [-0.39, 0.29) is 22.8 Å². The summed E-state index contributed by atoms with van der Waals surface area (Å²) in [4.78, 5) is 12.9. The van der Waals surface area contributed by atoms with E-state index in [9.17, 15) is 9.90 Å². The van der Waals surface area contributed by atoms with Crippen LogP contribution in [0.5, 0.6) is 17.2 Å². The van der Waals surface area contributed by atoms with Crippen LogP contribution in [0.1, 0.15) is 55.5 Å². The monoisotopic (exact) mass is 372 g/mol. The van der Waals surface area contributed by atoms with Gasteiger partial charge in [-0.1, -0.05) is 44.9 Å². The lowest BCUT2D eigenvalue weighted by Gasteiger charge is -2.16. The van der Waals surface area contributed by atoms with E-state index in [0.717, 1.165) is 19.3 Å². The van der Waals surface area contributed by atoms with E-state index in [0.29, 0.717) is 17.7 Å². The molecule has 0 amide bonds. The van der Waals surface area contributed by atoms with Crippen molar-refractivity contribution in [1.29, 1.82) is 0 Å². The average Bonchev–Trinajstić information content (AvgIpc) is 2.63. The third-order valence-electron chi connectivity index (χ3n) is 4.05. The zero-order chi connectivity index (χ0) is 19.8. The van der Waals surface area contributed by atoms with Gasteiger partial charge in [0.15, 0.2) is 17.3 Å². The van der Waals surface area contributed by atoms with Crippen molar-refractivity contribution in [3.05, 3.63) is 53.6 Å². The first-order chi connectivity index (χ1) is 13.0. The molecule has 0 radical (unpaired) electrons. The molecule has 0 spiro atoms. The van der Waals surface area contributed by atoms with Crippen molar-refractivity contribution < 1.29 is 19.4 Å². The predicted octanol–water partition coefficient (Wildman–Crippen LogP) is 3.55. The van der Waals surface area contributed by atoms with E-state index < -0.39 is 12.5 Å². The van der Waals surface area contributed by atoms with Crippen molar-refractivity contribution in [3.63, 3.8) is 0 Å². The molecule has 0 aliphatic carbocycles. The average molecular weight is 372 g/mol. The number of para-hydroxylation sites is 1. The zero-order valence-corrected chi connectivity index (χ0v) is 15.9. The topological polar surface area (TPSA) is 108 Å². The molecule has 0 saturated carbocycles. The molecule has 146 valence electrons. The molecule has 2 aromatic carbocycles. The normalized spacial score (nSPS) is 13.0. The van der Waals surface area contributed by atoms with Gasteiger partial charge in [-0.3, -0.25) is 16.3 Å². The Balaban J connectivity index is 2.22. The van der Waals surface area contributed by atoms with Crippen molar-refractivity contribution in [2.24, 2.45) is 11.5 Å². The number of ketones is 1. The van der Waals surface area contributed by atoms with Crippen molar-refractivity contribution in [3.8, 4) is 17.2 Å². The Morgan fingerprint density at radius 3 is 2.30 bits per heavy atom. The first-order valence-electron chi connectivity index (χ1n) is 9.27. The van der Waals surface area contributed by atoms with Gasteiger partial charge in [-0.25, -0.2) is 0 Å². The summed E-state index contributed by atoms with van der Waals surface area (Å²) in [6, 6.07) is 11.5. The summed E-state index contributed by atoms with van der Waals surface area (Å²) >= 11 is 0. The second-order valence-electron chi connectivity index (χ2n) is 6.40. The largest absolute Gasteiger partial charge is 0.504 e. The van der Waals surface area contributed by atoms with Crippen molar-refractivity contribution >= 4 is 5.78 Å². The maximum Gasteiger partial charge on any atom is 0.197 e. The van der Waals surface area contributed by atoms with E-state index in [1.54, 1.807) is 42.5 Å². The molecular formula is C21H28N2O4. The van der Waals surface area contributed by atoms with Crippen LogP contribution in [0, 0.1) is 0 Å². The second kappa shape index (κ2) is 9.94. The molecule has 0 heterocycles. The van der Waals surface area contributed by atoms with Gasteiger partial charge in [-0.15, -0.1) is 0 Å². The fourth-order valence-corrected chi connectivity index (χ4v) is 2.69. The molecule has 0 aliphatic rings. The van der Waals surface area contributed by atoms with Crippen LogP contribution in [0.2, 0.25) is 0 Å². The lowest BCUT2D eigenvalue weighted by atomic mass is 10.0. The van der Waals surface area contributed by atoms with E-state index >= 15 is 0 Å². The van der Waals surface area contributed by atoms with Crippen LogP contribution in [-0.4, -0.2) is 23.3 Å². The van der Waals surface area contributed by atoms with Gasteiger partial charge in [0, 0.05) is 5.56 Å². The lowest BCUT2D eigenvalue weighted by molar-refractivity contribution is 0.103. The summed E-state index contributed by atoms with van der Waals surface area (Å²) in [6.07, 6.45) is 2.16. The smallest absolute Gasteiger partial charge is 0.197 e. The van der Waals surface area contributed by atoms with Gasteiger partial charge in [0.1, 0.15) is 18.2 Å². The van der Waals surface area contributed by atoms with Crippen LogP contribution in [0.15, 0.2) is 42.5 Å². The minimum absolute atomic E-state index is 0.145. The van der Waals surface area contributed by atoms with Crippen molar-refractivity contribution in [2.45, 2.75) is 52.0 Å². The van der Waals surface area contributed by atoms with E-state index in [2.05, 4.69) is 0 Å². The molecule has 6 nitrogen and oxygen atoms in total. The Morgan fingerprint density at radius 1 is 1.00 bits per heavy atom. The van der Waals surface area contributed by atoms with Gasteiger partial charge in [-0.2, -0.15) is 0 Å². The number of rotatable bonds is 10. The van der Waals surface area contributed by atoms with Crippen LogP contribution in [0.3, 0.4) is 0 Å². The molecule has 0 aromatic heterocycles. The van der Waals surface area contributed by atoms with Crippen molar-refractivity contribution in [2.75, 3.05) is 0 Å². The van der Waals surface area contributed by atoms with Gasteiger partial charge in [0.25, 0.3) is 0 Å². The molecule has 0 saturated heterocycles. The van der Waals surface area contributed by atoms with Crippen LogP contribution < -0.4 is 20.9 Å². The van der Waals surface area contributed by atoms with Crippen LogP contribution >= 0.6 is 0 Å². The molecule has 2 rings (SSSR count). The number of hydrogen-bond donors (Lipinski definition) is 3. The third kappa shape index (κ3) is 5.70. The summed E-state index contributed by atoms with van der Waals surface area (Å²) in [7, 11) is 0. The van der Waals surface area contributed by atoms with Gasteiger partial charge in [-0.05, 0) is 37.1 Å². The number of ether oxygens (including phenoxy) is 2. The summed E-state index contributed by atoms with van der Waals surface area (Å²) in [5.74, 6) is 0.150. The highest BCUT2D eigenvalue weighted by molar-refractivity contribution is 6.11. The first-order valence-corrected chi connectivity index (χ1v) is 9.27. The fraction of sp³-hybridized carbons (Fsp3) is 0.381.